The lowest BCUT2D eigenvalue weighted by molar-refractivity contribution is -0.140. The number of hydrogen-bond donors (Lipinski definition) is 0. The Morgan fingerprint density at radius 1 is 1.35 bits per heavy atom. The van der Waals surface area contributed by atoms with E-state index in [1.807, 2.05) is 0 Å². The van der Waals surface area contributed by atoms with E-state index in [1.165, 1.54) is 13.8 Å². The van der Waals surface area contributed by atoms with Crippen LogP contribution < -0.4 is 0 Å². The molecule has 20 heavy (non-hydrogen) atoms. The van der Waals surface area contributed by atoms with E-state index in [4.69, 9.17) is 0 Å². The van der Waals surface area contributed by atoms with E-state index in [9.17, 15) is 26.8 Å². The predicted octanol–water partition coefficient (Wildman–Crippen LogP) is 1.04. The summed E-state index contributed by atoms with van der Waals surface area (Å²) in [6.45, 7) is 3.84. The summed E-state index contributed by atoms with van der Waals surface area (Å²) in [6.07, 6.45) is -0.426. The Labute approximate surface area is 116 Å². The summed E-state index contributed by atoms with van der Waals surface area (Å²) in [5, 5.41) is -1.37. The second-order valence-electron chi connectivity index (χ2n) is 5.68. The molecular weight excluding hydrogens is 292 g/mol. The zero-order valence-electron chi connectivity index (χ0n) is 11.4. The van der Waals surface area contributed by atoms with Crippen molar-refractivity contribution in [3.63, 3.8) is 0 Å². The fourth-order valence-corrected chi connectivity index (χ4v) is 6.09. The number of rotatable bonds is 1. The molecular formula is C12H17F2NO4S. The molecule has 1 aliphatic heterocycles. The van der Waals surface area contributed by atoms with Crippen molar-refractivity contribution >= 4 is 22.2 Å². The normalized spacial score (nSPS) is 42.0. The largest absolute Gasteiger partial charge is 0.303 e. The van der Waals surface area contributed by atoms with E-state index in [2.05, 4.69) is 0 Å². The number of aldehydes is 1. The van der Waals surface area contributed by atoms with E-state index in [1.54, 1.807) is 0 Å². The molecule has 1 saturated heterocycles. The first-order valence-electron chi connectivity index (χ1n) is 6.42. The van der Waals surface area contributed by atoms with Crippen LogP contribution in [0, 0.1) is 17.8 Å². The maximum Gasteiger partial charge on any atom is 0.252 e. The average molecular weight is 309 g/mol. The van der Waals surface area contributed by atoms with Crippen molar-refractivity contribution in [1.82, 2.24) is 4.31 Å². The zero-order valence-corrected chi connectivity index (χ0v) is 12.2. The van der Waals surface area contributed by atoms with Gasteiger partial charge in [0.15, 0.2) is 0 Å². The van der Waals surface area contributed by atoms with Gasteiger partial charge in [-0.25, -0.2) is 21.5 Å². The van der Waals surface area contributed by atoms with Gasteiger partial charge in [0.25, 0.3) is 5.92 Å². The molecule has 0 aromatic heterocycles. The summed E-state index contributed by atoms with van der Waals surface area (Å²) in [5.74, 6) is -7.00. The standard InChI is InChI=1S/C12H17F2NO4S/c1-6-9(5-16)11-7(2)15(8(3)17)20(18,19)10(11)4-12(6,13)14/h5-7,9-11H,4H2,1-3H3/t6?,7-,9+,10-,11+/m1/s1. The third kappa shape index (κ3) is 1.88. The average Bonchev–Trinajstić information content (AvgIpc) is 2.48. The lowest BCUT2D eigenvalue weighted by Crippen LogP contribution is -2.50. The van der Waals surface area contributed by atoms with Crippen molar-refractivity contribution in [2.24, 2.45) is 17.8 Å². The van der Waals surface area contributed by atoms with Crippen LogP contribution in [0.3, 0.4) is 0 Å². The van der Waals surface area contributed by atoms with Crippen LogP contribution in [0.4, 0.5) is 8.78 Å². The van der Waals surface area contributed by atoms with Crippen molar-refractivity contribution in [3.05, 3.63) is 0 Å². The smallest absolute Gasteiger partial charge is 0.252 e. The molecule has 5 atom stereocenters. The van der Waals surface area contributed by atoms with E-state index in [0.29, 0.717) is 10.6 Å². The second-order valence-corrected chi connectivity index (χ2v) is 7.71. The third-order valence-electron chi connectivity index (χ3n) is 4.64. The van der Waals surface area contributed by atoms with Gasteiger partial charge in [-0.05, 0) is 6.92 Å². The number of nitrogens with zero attached hydrogens (tertiary/aromatic N) is 1. The van der Waals surface area contributed by atoms with E-state index >= 15 is 0 Å². The predicted molar refractivity (Wildman–Crippen MR) is 66.5 cm³/mol. The van der Waals surface area contributed by atoms with Gasteiger partial charge in [0.1, 0.15) is 6.29 Å². The van der Waals surface area contributed by atoms with Crippen molar-refractivity contribution in [2.75, 3.05) is 0 Å². The molecule has 1 saturated carbocycles. The number of carbonyl (C=O) groups is 2. The Hall–Kier alpha value is -1.05. The summed E-state index contributed by atoms with van der Waals surface area (Å²) in [4.78, 5) is 22.7. The van der Waals surface area contributed by atoms with Crippen LogP contribution in [0.2, 0.25) is 0 Å². The van der Waals surface area contributed by atoms with Crippen LogP contribution in [0.5, 0.6) is 0 Å². The molecule has 2 rings (SSSR count). The maximum atomic E-state index is 13.9. The highest BCUT2D eigenvalue weighted by Gasteiger charge is 2.64. The molecule has 0 radical (unpaired) electrons. The minimum absolute atomic E-state index is 0.408. The molecule has 2 aliphatic rings. The van der Waals surface area contributed by atoms with Gasteiger partial charge < -0.3 is 4.79 Å². The summed E-state index contributed by atoms with van der Waals surface area (Å²) in [7, 11) is -4.13. The van der Waals surface area contributed by atoms with Gasteiger partial charge in [-0.15, -0.1) is 0 Å². The van der Waals surface area contributed by atoms with Gasteiger partial charge in [0.05, 0.1) is 5.25 Å². The third-order valence-corrected chi connectivity index (χ3v) is 7.03. The highest BCUT2D eigenvalue weighted by molar-refractivity contribution is 7.90. The highest BCUT2D eigenvalue weighted by Crippen LogP contribution is 2.52. The Morgan fingerprint density at radius 2 is 1.90 bits per heavy atom. The molecule has 5 nitrogen and oxygen atoms in total. The molecule has 1 amide bonds. The Morgan fingerprint density at radius 3 is 2.35 bits per heavy atom. The molecule has 1 aliphatic carbocycles. The van der Waals surface area contributed by atoms with Crippen LogP contribution in [0.1, 0.15) is 27.2 Å². The van der Waals surface area contributed by atoms with Gasteiger partial charge >= 0.3 is 0 Å². The van der Waals surface area contributed by atoms with Gasteiger partial charge in [0.2, 0.25) is 15.9 Å². The van der Waals surface area contributed by atoms with Crippen molar-refractivity contribution in [3.8, 4) is 0 Å². The first kappa shape index (κ1) is 15.3. The zero-order chi connectivity index (χ0) is 15.5. The Bertz CT molecular complexity index is 548. The fourth-order valence-electron chi connectivity index (χ4n) is 3.60. The second kappa shape index (κ2) is 4.47. The first-order valence-corrected chi connectivity index (χ1v) is 7.93. The maximum absolute atomic E-state index is 13.9. The van der Waals surface area contributed by atoms with Crippen LogP contribution in [-0.2, 0) is 19.6 Å². The molecule has 0 aromatic carbocycles. The Kier molecular flexibility index (Phi) is 3.43. The van der Waals surface area contributed by atoms with Crippen molar-refractivity contribution in [2.45, 2.75) is 44.4 Å². The topological polar surface area (TPSA) is 71.5 Å². The van der Waals surface area contributed by atoms with Crippen molar-refractivity contribution < 1.29 is 26.8 Å². The molecule has 0 bridgehead atoms. The molecule has 1 unspecified atom stereocenters. The molecule has 1 heterocycles. The van der Waals surface area contributed by atoms with Crippen LogP contribution >= 0.6 is 0 Å². The van der Waals surface area contributed by atoms with E-state index in [0.717, 1.165) is 6.92 Å². The van der Waals surface area contributed by atoms with Crippen LogP contribution in [0.15, 0.2) is 0 Å². The number of hydrogen-bond acceptors (Lipinski definition) is 4. The number of fused-ring (bicyclic) bond motifs is 1. The van der Waals surface area contributed by atoms with Crippen LogP contribution in [0.25, 0.3) is 0 Å². The van der Waals surface area contributed by atoms with Gasteiger partial charge in [-0.3, -0.25) is 4.79 Å². The molecule has 0 N–H and O–H groups in total. The lowest BCUT2D eigenvalue weighted by Gasteiger charge is -2.40. The summed E-state index contributed by atoms with van der Waals surface area (Å²) in [6, 6.07) is -0.767. The van der Waals surface area contributed by atoms with Gasteiger partial charge in [0, 0.05) is 37.1 Å². The number of carbonyl (C=O) groups excluding carboxylic acids is 2. The number of alkyl halides is 2. The molecule has 0 aromatic rings. The molecule has 2 fully saturated rings. The lowest BCUT2D eigenvalue weighted by atomic mass is 9.68. The molecule has 0 spiro atoms. The SMILES string of the molecule is CC(=O)N1[C@H](C)[C@@H]2[C@@H](CC(F)(F)C(C)[C@@H]2C=O)S1(=O)=O. The molecule has 114 valence electrons. The number of halogens is 2. The van der Waals surface area contributed by atoms with E-state index < -0.39 is 57.3 Å². The fraction of sp³-hybridized carbons (Fsp3) is 0.833. The summed E-state index contributed by atoms with van der Waals surface area (Å²) in [5.41, 5.74) is 0. The number of sulfonamides is 1. The molecule has 8 heteroatoms. The highest BCUT2D eigenvalue weighted by atomic mass is 32.2. The minimum atomic E-state index is -4.13. The quantitative estimate of drug-likeness (QED) is 0.679. The van der Waals surface area contributed by atoms with E-state index in [-0.39, 0.29) is 0 Å². The monoisotopic (exact) mass is 309 g/mol. The minimum Gasteiger partial charge on any atom is -0.303 e. The first-order chi connectivity index (χ1) is 9.05. The van der Waals surface area contributed by atoms with Gasteiger partial charge in [-0.2, -0.15) is 0 Å². The number of amides is 1. The van der Waals surface area contributed by atoms with Crippen molar-refractivity contribution in [1.29, 1.82) is 0 Å². The summed E-state index contributed by atoms with van der Waals surface area (Å²) >= 11 is 0. The van der Waals surface area contributed by atoms with Crippen LogP contribution in [-0.4, -0.2) is 42.1 Å². The Balaban J connectivity index is 2.56. The summed E-state index contributed by atoms with van der Waals surface area (Å²) < 4.78 is 53.1. The van der Waals surface area contributed by atoms with Gasteiger partial charge in [-0.1, -0.05) is 6.92 Å².